The quantitative estimate of drug-likeness (QED) is 0.225. The normalized spacial score (nSPS) is 13.4. The SMILES string of the molecule is C=C(CC(=O)c1ccccc1CNc1ccc(C(=N)N2CCCCC2)cc1)c1ccc(Cl)cn1. The topological polar surface area (TPSA) is 69.1 Å². The Morgan fingerprint density at radius 3 is 2.47 bits per heavy atom. The van der Waals surface area contributed by atoms with E-state index in [0.29, 0.717) is 34.2 Å². The molecule has 174 valence electrons. The van der Waals surface area contributed by atoms with E-state index >= 15 is 0 Å². The van der Waals surface area contributed by atoms with Gasteiger partial charge in [0.25, 0.3) is 0 Å². The van der Waals surface area contributed by atoms with Gasteiger partial charge in [0.15, 0.2) is 5.78 Å². The van der Waals surface area contributed by atoms with E-state index in [1.165, 1.54) is 6.42 Å². The molecule has 3 aromatic rings. The molecule has 2 N–H and O–H groups in total. The van der Waals surface area contributed by atoms with Crippen molar-refractivity contribution in [2.24, 2.45) is 0 Å². The van der Waals surface area contributed by atoms with Crippen molar-refractivity contribution in [3.8, 4) is 0 Å². The first-order chi connectivity index (χ1) is 16.5. The molecular weight excluding hydrogens is 444 g/mol. The van der Waals surface area contributed by atoms with Crippen molar-refractivity contribution in [3.05, 3.63) is 101 Å². The Morgan fingerprint density at radius 1 is 1.03 bits per heavy atom. The molecule has 0 atom stereocenters. The fourth-order valence-electron chi connectivity index (χ4n) is 4.15. The third kappa shape index (κ3) is 5.91. The van der Waals surface area contributed by atoms with Gasteiger partial charge in [-0.25, -0.2) is 0 Å². The average molecular weight is 473 g/mol. The number of rotatable bonds is 8. The zero-order valence-electron chi connectivity index (χ0n) is 19.2. The molecule has 6 heteroatoms. The highest BCUT2D eigenvalue weighted by molar-refractivity contribution is 6.30. The van der Waals surface area contributed by atoms with E-state index in [9.17, 15) is 4.79 Å². The molecule has 2 aromatic carbocycles. The van der Waals surface area contributed by atoms with E-state index < -0.39 is 0 Å². The average Bonchev–Trinajstić information content (AvgIpc) is 2.88. The van der Waals surface area contributed by atoms with Gasteiger partial charge in [0.05, 0.1) is 10.7 Å². The van der Waals surface area contributed by atoms with Crippen LogP contribution in [0.3, 0.4) is 0 Å². The fraction of sp³-hybridized carbons (Fsp3) is 0.250. The maximum absolute atomic E-state index is 13.0. The van der Waals surface area contributed by atoms with E-state index in [1.54, 1.807) is 18.3 Å². The van der Waals surface area contributed by atoms with Crippen LogP contribution in [0.4, 0.5) is 5.69 Å². The highest BCUT2D eigenvalue weighted by atomic mass is 35.5. The lowest BCUT2D eigenvalue weighted by atomic mass is 9.97. The summed E-state index contributed by atoms with van der Waals surface area (Å²) in [5, 5.41) is 12.4. The van der Waals surface area contributed by atoms with E-state index in [1.807, 2.05) is 48.5 Å². The van der Waals surface area contributed by atoms with Gasteiger partial charge < -0.3 is 10.2 Å². The van der Waals surface area contributed by atoms with Crippen LogP contribution < -0.4 is 5.32 Å². The number of pyridine rings is 1. The summed E-state index contributed by atoms with van der Waals surface area (Å²) < 4.78 is 0. The molecule has 1 aromatic heterocycles. The van der Waals surface area contributed by atoms with Crippen LogP contribution in [0.1, 0.15) is 52.9 Å². The third-order valence-corrected chi connectivity index (χ3v) is 6.32. The monoisotopic (exact) mass is 472 g/mol. The number of hydrogen-bond donors (Lipinski definition) is 2. The van der Waals surface area contributed by atoms with Crippen molar-refractivity contribution in [1.82, 2.24) is 9.88 Å². The Morgan fingerprint density at radius 2 is 1.76 bits per heavy atom. The van der Waals surface area contributed by atoms with Crippen molar-refractivity contribution in [2.45, 2.75) is 32.2 Å². The van der Waals surface area contributed by atoms with Crippen molar-refractivity contribution in [2.75, 3.05) is 18.4 Å². The lowest BCUT2D eigenvalue weighted by Gasteiger charge is -2.29. The summed E-state index contributed by atoms with van der Waals surface area (Å²) >= 11 is 5.90. The molecule has 2 heterocycles. The van der Waals surface area contributed by atoms with Gasteiger partial charge in [0.1, 0.15) is 5.84 Å². The van der Waals surface area contributed by atoms with Crippen molar-refractivity contribution < 1.29 is 4.79 Å². The van der Waals surface area contributed by atoms with Crippen molar-refractivity contribution in [1.29, 1.82) is 5.41 Å². The number of nitrogens with zero attached hydrogens (tertiary/aromatic N) is 2. The Balaban J connectivity index is 1.38. The van der Waals surface area contributed by atoms with Gasteiger partial charge in [-0.2, -0.15) is 0 Å². The second-order valence-electron chi connectivity index (χ2n) is 8.55. The van der Waals surface area contributed by atoms with Crippen LogP contribution in [0, 0.1) is 5.41 Å². The fourth-order valence-corrected chi connectivity index (χ4v) is 4.27. The highest BCUT2D eigenvalue weighted by Crippen LogP contribution is 2.22. The van der Waals surface area contributed by atoms with Crippen molar-refractivity contribution in [3.63, 3.8) is 0 Å². The minimum Gasteiger partial charge on any atom is -0.381 e. The third-order valence-electron chi connectivity index (χ3n) is 6.09. The number of piperidine rings is 1. The maximum Gasteiger partial charge on any atom is 0.167 e. The Hall–Kier alpha value is -3.44. The van der Waals surface area contributed by atoms with E-state index in [2.05, 4.69) is 21.8 Å². The van der Waals surface area contributed by atoms with Crippen LogP contribution in [0.25, 0.3) is 5.57 Å². The second kappa shape index (κ2) is 11.1. The molecule has 0 unspecified atom stereocenters. The summed E-state index contributed by atoms with van der Waals surface area (Å²) in [6.07, 6.45) is 5.32. The van der Waals surface area contributed by atoms with Gasteiger partial charge in [0.2, 0.25) is 0 Å². The summed E-state index contributed by atoms with van der Waals surface area (Å²) in [6.45, 7) is 6.49. The summed E-state index contributed by atoms with van der Waals surface area (Å²) in [6, 6.07) is 19.1. The van der Waals surface area contributed by atoms with Gasteiger partial charge in [-0.3, -0.25) is 15.2 Å². The van der Waals surface area contributed by atoms with Crippen LogP contribution in [0.15, 0.2) is 73.4 Å². The van der Waals surface area contributed by atoms with Crippen LogP contribution in [0.5, 0.6) is 0 Å². The second-order valence-corrected chi connectivity index (χ2v) is 8.99. The molecule has 34 heavy (non-hydrogen) atoms. The summed E-state index contributed by atoms with van der Waals surface area (Å²) in [5.74, 6) is 0.599. The molecule has 0 saturated carbocycles. The summed E-state index contributed by atoms with van der Waals surface area (Å²) in [5.41, 5.74) is 4.81. The number of likely N-dealkylation sites (tertiary alicyclic amines) is 1. The minimum atomic E-state index is 0.00415. The first-order valence-electron chi connectivity index (χ1n) is 11.6. The molecule has 4 rings (SSSR count). The van der Waals surface area contributed by atoms with Crippen molar-refractivity contribution >= 4 is 34.5 Å². The molecule has 1 aliphatic heterocycles. The van der Waals surface area contributed by atoms with Gasteiger partial charge >= 0.3 is 0 Å². The maximum atomic E-state index is 13.0. The number of carbonyl (C=O) groups is 1. The zero-order valence-corrected chi connectivity index (χ0v) is 19.9. The van der Waals surface area contributed by atoms with Crippen LogP contribution in [-0.4, -0.2) is 34.6 Å². The number of anilines is 1. The molecule has 5 nitrogen and oxygen atoms in total. The zero-order chi connectivity index (χ0) is 23.9. The van der Waals surface area contributed by atoms with Gasteiger partial charge in [0, 0.05) is 49.1 Å². The molecule has 1 saturated heterocycles. The number of halogens is 1. The first kappa shape index (κ1) is 23.7. The molecule has 0 amide bonds. The van der Waals surface area contributed by atoms with Crippen LogP contribution in [-0.2, 0) is 6.54 Å². The molecular formula is C28H29ClN4O. The molecule has 0 bridgehead atoms. The van der Waals surface area contributed by atoms with Crippen LogP contribution >= 0.6 is 11.6 Å². The number of allylic oxidation sites excluding steroid dienone is 1. The highest BCUT2D eigenvalue weighted by Gasteiger charge is 2.16. The predicted molar refractivity (Wildman–Crippen MR) is 140 cm³/mol. The Labute approximate surface area is 206 Å². The number of benzene rings is 2. The number of amidine groups is 1. The number of aromatic nitrogens is 1. The number of carbonyl (C=O) groups excluding carboxylic acids is 1. The number of hydrogen-bond acceptors (Lipinski definition) is 4. The standard InChI is InChI=1S/C28H29ClN4O/c1-20(26-14-11-23(29)19-32-26)17-27(34)25-8-4-3-7-22(25)18-31-24-12-9-21(10-13-24)28(30)33-15-5-2-6-16-33/h3-4,7-14,19,30-31H,1-2,5-6,15-18H2. The minimum absolute atomic E-state index is 0.00415. The molecule has 1 fully saturated rings. The lowest BCUT2D eigenvalue weighted by molar-refractivity contribution is 0.0997. The molecule has 0 spiro atoms. The smallest absolute Gasteiger partial charge is 0.167 e. The predicted octanol–water partition coefficient (Wildman–Crippen LogP) is 6.44. The molecule has 0 aliphatic carbocycles. The largest absolute Gasteiger partial charge is 0.381 e. The summed E-state index contributed by atoms with van der Waals surface area (Å²) in [4.78, 5) is 19.4. The lowest BCUT2D eigenvalue weighted by Crippen LogP contribution is -2.35. The van der Waals surface area contributed by atoms with Gasteiger partial charge in [-0.05, 0) is 66.8 Å². The first-order valence-corrected chi connectivity index (χ1v) is 12.0. The van der Waals surface area contributed by atoms with Gasteiger partial charge in [-0.1, -0.05) is 42.4 Å². The number of ketones is 1. The number of Topliss-reactive ketones (excluding diaryl/α,β-unsaturated/α-hetero) is 1. The van der Waals surface area contributed by atoms with Gasteiger partial charge in [-0.15, -0.1) is 0 Å². The Kier molecular flexibility index (Phi) is 7.76. The summed E-state index contributed by atoms with van der Waals surface area (Å²) in [7, 11) is 0. The molecule has 0 radical (unpaired) electrons. The number of nitrogens with one attached hydrogen (secondary N) is 2. The Bertz CT molecular complexity index is 1170. The van der Waals surface area contributed by atoms with E-state index in [4.69, 9.17) is 17.0 Å². The molecule has 1 aliphatic rings. The van der Waals surface area contributed by atoms with Crippen LogP contribution in [0.2, 0.25) is 5.02 Å². The van der Waals surface area contributed by atoms with E-state index in [0.717, 1.165) is 42.7 Å². The van der Waals surface area contributed by atoms with E-state index in [-0.39, 0.29) is 12.2 Å².